The Balaban J connectivity index is 2.25. The molecule has 2 aromatic rings. The van der Waals surface area contributed by atoms with Gasteiger partial charge in [0.05, 0.1) is 7.11 Å². The molecule has 0 aliphatic heterocycles. The lowest BCUT2D eigenvalue weighted by Gasteiger charge is -2.07. The van der Waals surface area contributed by atoms with Crippen molar-refractivity contribution in [1.29, 1.82) is 0 Å². The number of benzene rings is 2. The lowest BCUT2D eigenvalue weighted by Crippen LogP contribution is -2.11. The maximum atomic E-state index is 11.5. The molecule has 0 heterocycles. The van der Waals surface area contributed by atoms with Crippen molar-refractivity contribution in [3.8, 4) is 5.75 Å². The molecule has 0 saturated carbocycles. The third kappa shape index (κ3) is 2.96. The molecule has 0 aliphatic carbocycles. The first kappa shape index (κ1) is 12.8. The van der Waals surface area contributed by atoms with E-state index in [0.717, 1.165) is 22.2 Å². The summed E-state index contributed by atoms with van der Waals surface area (Å²) in [5, 5.41) is 5.00. The SMILES string of the molecule is COc1ccc2cc(NC(=O)CCS)ccc2c1. The first-order valence-corrected chi connectivity index (χ1v) is 6.34. The fraction of sp³-hybridized carbons (Fsp3) is 0.214. The number of ether oxygens (including phenoxy) is 1. The predicted molar refractivity (Wildman–Crippen MR) is 77.6 cm³/mol. The molecule has 4 heteroatoms. The molecule has 0 bridgehead atoms. The third-order valence-corrected chi connectivity index (χ3v) is 2.89. The Bertz CT molecular complexity index is 569. The van der Waals surface area contributed by atoms with E-state index in [0.29, 0.717) is 12.2 Å². The number of amides is 1. The fourth-order valence-corrected chi connectivity index (χ4v) is 1.96. The number of rotatable bonds is 4. The van der Waals surface area contributed by atoms with Crippen LogP contribution in [0, 0.1) is 0 Å². The maximum absolute atomic E-state index is 11.5. The van der Waals surface area contributed by atoms with Crippen LogP contribution in [0.4, 0.5) is 5.69 Å². The summed E-state index contributed by atoms with van der Waals surface area (Å²) in [7, 11) is 1.65. The molecular weight excluding hydrogens is 246 g/mol. The number of fused-ring (bicyclic) bond motifs is 1. The van der Waals surface area contributed by atoms with E-state index in [9.17, 15) is 4.79 Å². The van der Waals surface area contributed by atoms with Crippen LogP contribution < -0.4 is 10.1 Å². The van der Waals surface area contributed by atoms with Gasteiger partial charge < -0.3 is 10.1 Å². The van der Waals surface area contributed by atoms with Crippen LogP contribution in [0.2, 0.25) is 0 Å². The molecule has 0 unspecified atom stereocenters. The van der Waals surface area contributed by atoms with Crippen molar-refractivity contribution in [3.05, 3.63) is 36.4 Å². The molecule has 1 amide bonds. The van der Waals surface area contributed by atoms with Crippen molar-refractivity contribution in [3.63, 3.8) is 0 Å². The minimum absolute atomic E-state index is 0.0159. The summed E-state index contributed by atoms with van der Waals surface area (Å²) in [5.41, 5.74) is 0.805. The van der Waals surface area contributed by atoms with Crippen LogP contribution in [0.15, 0.2) is 36.4 Å². The van der Waals surface area contributed by atoms with Crippen molar-refractivity contribution < 1.29 is 9.53 Å². The molecule has 3 nitrogen and oxygen atoms in total. The number of hydrogen-bond donors (Lipinski definition) is 2. The molecule has 94 valence electrons. The Morgan fingerprint density at radius 1 is 1.22 bits per heavy atom. The van der Waals surface area contributed by atoms with E-state index in [1.807, 2.05) is 36.4 Å². The van der Waals surface area contributed by atoms with Gasteiger partial charge in [-0.25, -0.2) is 0 Å². The zero-order valence-corrected chi connectivity index (χ0v) is 11.0. The standard InChI is InChI=1S/C14H15NO2S/c1-17-13-5-3-10-8-12(4-2-11(10)9-13)15-14(16)6-7-18/h2-5,8-9,18H,6-7H2,1H3,(H,15,16). The molecule has 2 rings (SSSR count). The van der Waals surface area contributed by atoms with E-state index >= 15 is 0 Å². The summed E-state index contributed by atoms with van der Waals surface area (Å²) < 4.78 is 5.17. The molecule has 18 heavy (non-hydrogen) atoms. The first-order chi connectivity index (χ1) is 8.72. The number of methoxy groups -OCH3 is 1. The normalized spacial score (nSPS) is 10.3. The minimum atomic E-state index is -0.0159. The zero-order valence-electron chi connectivity index (χ0n) is 10.1. The molecule has 1 N–H and O–H groups in total. The number of nitrogens with one attached hydrogen (secondary N) is 1. The van der Waals surface area contributed by atoms with Gasteiger partial charge in [0.15, 0.2) is 0 Å². The predicted octanol–water partition coefficient (Wildman–Crippen LogP) is 3.11. The van der Waals surface area contributed by atoms with Crippen LogP contribution in [-0.2, 0) is 4.79 Å². The van der Waals surface area contributed by atoms with Crippen LogP contribution >= 0.6 is 12.6 Å². The van der Waals surface area contributed by atoms with Gasteiger partial charge in [0.25, 0.3) is 0 Å². The summed E-state index contributed by atoms with van der Waals surface area (Å²) >= 11 is 4.03. The summed E-state index contributed by atoms with van der Waals surface area (Å²) in [5.74, 6) is 1.36. The molecule has 0 spiro atoms. The van der Waals surface area contributed by atoms with Gasteiger partial charge in [0, 0.05) is 12.1 Å². The van der Waals surface area contributed by atoms with Gasteiger partial charge in [-0.1, -0.05) is 12.1 Å². The lowest BCUT2D eigenvalue weighted by atomic mass is 10.1. The van der Waals surface area contributed by atoms with E-state index in [-0.39, 0.29) is 5.91 Å². The number of carbonyl (C=O) groups is 1. The average Bonchev–Trinajstić information content (AvgIpc) is 2.38. The van der Waals surface area contributed by atoms with Crippen LogP contribution in [0.25, 0.3) is 10.8 Å². The largest absolute Gasteiger partial charge is 0.497 e. The van der Waals surface area contributed by atoms with Crippen LogP contribution in [0.3, 0.4) is 0 Å². The Morgan fingerprint density at radius 3 is 2.67 bits per heavy atom. The Morgan fingerprint density at radius 2 is 1.94 bits per heavy atom. The van der Waals surface area contributed by atoms with E-state index in [4.69, 9.17) is 4.74 Å². The molecule has 2 aromatic carbocycles. The molecule has 0 saturated heterocycles. The smallest absolute Gasteiger partial charge is 0.225 e. The van der Waals surface area contributed by atoms with Gasteiger partial charge in [-0.05, 0) is 40.8 Å². The Kier molecular flexibility index (Phi) is 4.10. The molecule has 0 aromatic heterocycles. The van der Waals surface area contributed by atoms with Gasteiger partial charge in [-0.2, -0.15) is 12.6 Å². The molecule has 0 fully saturated rings. The quantitative estimate of drug-likeness (QED) is 0.830. The molecule has 0 aliphatic rings. The maximum Gasteiger partial charge on any atom is 0.225 e. The van der Waals surface area contributed by atoms with Crippen molar-refractivity contribution in [2.75, 3.05) is 18.2 Å². The first-order valence-electron chi connectivity index (χ1n) is 5.71. The molecule has 0 atom stereocenters. The number of thiol groups is 1. The topological polar surface area (TPSA) is 38.3 Å². The van der Waals surface area contributed by atoms with Crippen molar-refractivity contribution >= 4 is 35.0 Å². The third-order valence-electron chi connectivity index (χ3n) is 2.67. The summed E-state index contributed by atoms with van der Waals surface area (Å²) in [6.45, 7) is 0. The van der Waals surface area contributed by atoms with Crippen LogP contribution in [-0.4, -0.2) is 18.8 Å². The summed E-state index contributed by atoms with van der Waals surface area (Å²) in [6.07, 6.45) is 0.420. The highest BCUT2D eigenvalue weighted by Crippen LogP contribution is 2.23. The highest BCUT2D eigenvalue weighted by molar-refractivity contribution is 7.80. The molecule has 0 radical (unpaired) electrons. The average molecular weight is 261 g/mol. The van der Waals surface area contributed by atoms with Crippen molar-refractivity contribution in [1.82, 2.24) is 0 Å². The highest BCUT2D eigenvalue weighted by Gasteiger charge is 2.02. The number of anilines is 1. The second-order valence-electron chi connectivity index (χ2n) is 3.95. The second kappa shape index (κ2) is 5.78. The van der Waals surface area contributed by atoms with Crippen molar-refractivity contribution in [2.45, 2.75) is 6.42 Å². The van der Waals surface area contributed by atoms with E-state index in [1.54, 1.807) is 7.11 Å². The van der Waals surface area contributed by atoms with Crippen LogP contribution in [0.5, 0.6) is 5.75 Å². The lowest BCUT2D eigenvalue weighted by molar-refractivity contribution is -0.115. The van der Waals surface area contributed by atoms with Gasteiger partial charge in [0.2, 0.25) is 5.91 Å². The van der Waals surface area contributed by atoms with Gasteiger partial charge in [-0.15, -0.1) is 0 Å². The summed E-state index contributed by atoms with van der Waals surface area (Å²) in [4.78, 5) is 11.5. The van der Waals surface area contributed by atoms with E-state index in [2.05, 4.69) is 17.9 Å². The fourth-order valence-electron chi connectivity index (χ4n) is 1.75. The van der Waals surface area contributed by atoms with E-state index < -0.39 is 0 Å². The minimum Gasteiger partial charge on any atom is -0.497 e. The van der Waals surface area contributed by atoms with Crippen molar-refractivity contribution in [2.24, 2.45) is 0 Å². The van der Waals surface area contributed by atoms with Gasteiger partial charge >= 0.3 is 0 Å². The Labute approximate surface area is 112 Å². The summed E-state index contributed by atoms with van der Waals surface area (Å²) in [6, 6.07) is 11.6. The molecular formula is C14H15NO2S. The van der Waals surface area contributed by atoms with Gasteiger partial charge in [-0.3, -0.25) is 4.79 Å². The van der Waals surface area contributed by atoms with E-state index in [1.165, 1.54) is 0 Å². The number of carbonyl (C=O) groups excluding carboxylic acids is 1. The zero-order chi connectivity index (χ0) is 13.0. The van der Waals surface area contributed by atoms with Gasteiger partial charge in [0.1, 0.15) is 5.75 Å². The monoisotopic (exact) mass is 261 g/mol. The van der Waals surface area contributed by atoms with Crippen LogP contribution in [0.1, 0.15) is 6.42 Å². The highest BCUT2D eigenvalue weighted by atomic mass is 32.1. The number of hydrogen-bond acceptors (Lipinski definition) is 3. The Hall–Kier alpha value is -1.68. The second-order valence-corrected chi connectivity index (χ2v) is 4.40.